The molecule has 0 bridgehead atoms. The summed E-state index contributed by atoms with van der Waals surface area (Å²) in [5, 5.41) is 3.49. The number of carbonyl (C=O) groups is 2. The smallest absolute Gasteiger partial charge is 0.261 e. The van der Waals surface area contributed by atoms with E-state index in [0.717, 1.165) is 22.0 Å². The van der Waals surface area contributed by atoms with E-state index in [0.29, 0.717) is 10.8 Å². The Morgan fingerprint density at radius 1 is 1.20 bits per heavy atom. The third-order valence-corrected chi connectivity index (χ3v) is 6.22. The molecule has 2 rings (SSSR count). The van der Waals surface area contributed by atoms with E-state index >= 15 is 0 Å². The van der Waals surface area contributed by atoms with Crippen LogP contribution in [0.2, 0.25) is 5.02 Å². The van der Waals surface area contributed by atoms with E-state index in [9.17, 15) is 9.59 Å². The zero-order valence-corrected chi connectivity index (χ0v) is 20.1. The molecule has 0 saturated heterocycles. The zero-order chi connectivity index (χ0) is 22.3. The molecule has 30 heavy (non-hydrogen) atoms. The number of carbonyl (C=O) groups excluding carboxylic acids is 2. The minimum Gasteiger partial charge on any atom is -0.484 e. The highest BCUT2D eigenvalue weighted by molar-refractivity contribution is 9.10. The van der Waals surface area contributed by atoms with Crippen LogP contribution in [0.25, 0.3) is 0 Å². The lowest BCUT2D eigenvalue weighted by Crippen LogP contribution is -2.50. The summed E-state index contributed by atoms with van der Waals surface area (Å²) in [4.78, 5) is 27.3. The second-order valence-corrected chi connectivity index (χ2v) is 8.57. The van der Waals surface area contributed by atoms with Crippen LogP contribution in [0.5, 0.6) is 5.75 Å². The number of aryl methyl sites for hydroxylation is 1. The Kier molecular flexibility index (Phi) is 9.18. The van der Waals surface area contributed by atoms with Crippen LogP contribution in [0.4, 0.5) is 0 Å². The van der Waals surface area contributed by atoms with Crippen LogP contribution >= 0.6 is 27.5 Å². The van der Waals surface area contributed by atoms with Crippen molar-refractivity contribution in [3.8, 4) is 5.75 Å². The summed E-state index contributed by atoms with van der Waals surface area (Å²) in [5.74, 6) is 0.102. The Morgan fingerprint density at radius 3 is 2.53 bits per heavy atom. The summed E-state index contributed by atoms with van der Waals surface area (Å²) in [6.07, 6.45) is 0.808. The number of rotatable bonds is 9. The lowest BCUT2D eigenvalue weighted by atomic mass is 10.1. The van der Waals surface area contributed by atoms with E-state index in [1.165, 1.54) is 4.90 Å². The van der Waals surface area contributed by atoms with Crippen molar-refractivity contribution in [2.24, 2.45) is 0 Å². The fraction of sp³-hybridized carbons (Fsp3) is 0.391. The molecule has 0 aliphatic carbocycles. The number of nitrogens with zero attached hydrogens (tertiary/aromatic N) is 1. The largest absolute Gasteiger partial charge is 0.484 e. The van der Waals surface area contributed by atoms with Gasteiger partial charge in [0, 0.05) is 22.1 Å². The Hall–Kier alpha value is -2.05. The fourth-order valence-electron chi connectivity index (χ4n) is 2.79. The second-order valence-electron chi connectivity index (χ2n) is 7.31. The predicted octanol–water partition coefficient (Wildman–Crippen LogP) is 5.12. The molecule has 0 saturated carbocycles. The highest BCUT2D eigenvalue weighted by atomic mass is 79.9. The Labute approximate surface area is 191 Å². The van der Waals surface area contributed by atoms with E-state index in [-0.39, 0.29) is 31.0 Å². The molecule has 0 radical (unpaired) electrons. The quantitative estimate of drug-likeness (QED) is 0.525. The molecule has 162 valence electrons. The van der Waals surface area contributed by atoms with Crippen LogP contribution in [0, 0.1) is 6.92 Å². The molecule has 2 atom stereocenters. The minimum atomic E-state index is -0.668. The van der Waals surface area contributed by atoms with Gasteiger partial charge in [0.15, 0.2) is 6.61 Å². The van der Waals surface area contributed by atoms with Crippen molar-refractivity contribution in [3.63, 3.8) is 0 Å². The van der Waals surface area contributed by atoms with Crippen molar-refractivity contribution in [3.05, 3.63) is 63.1 Å². The van der Waals surface area contributed by atoms with Gasteiger partial charge in [-0.15, -0.1) is 0 Å². The zero-order valence-electron chi connectivity index (χ0n) is 17.7. The standard InChI is InChI=1S/C23H28BrClN2O3/c1-5-16(3)26-23(29)17(4)27(13-18-8-6-7-9-21(18)25)22(28)14-30-19-10-11-20(24)15(2)12-19/h6-12,16-17H,5,13-14H2,1-4H3,(H,26,29)/t16-,17-/m1/s1. The Bertz CT molecular complexity index is 891. The molecule has 0 unspecified atom stereocenters. The normalized spacial score (nSPS) is 12.7. The number of halogens is 2. The van der Waals surface area contributed by atoms with Crippen LogP contribution in [-0.4, -0.2) is 35.4 Å². The highest BCUT2D eigenvalue weighted by Crippen LogP contribution is 2.22. The number of nitrogens with one attached hydrogen (secondary N) is 1. The molecule has 2 amide bonds. The van der Waals surface area contributed by atoms with Gasteiger partial charge in [-0.2, -0.15) is 0 Å². The first-order chi connectivity index (χ1) is 14.2. The molecule has 0 fully saturated rings. The van der Waals surface area contributed by atoms with Gasteiger partial charge in [0.2, 0.25) is 5.91 Å². The first-order valence-corrected chi connectivity index (χ1v) is 11.1. The maximum atomic E-state index is 13.1. The molecule has 0 aliphatic heterocycles. The van der Waals surface area contributed by atoms with Crippen LogP contribution in [0.3, 0.4) is 0 Å². The SMILES string of the molecule is CC[C@@H](C)NC(=O)[C@@H](C)N(Cc1ccccc1Cl)C(=O)COc1ccc(Br)c(C)c1. The van der Waals surface area contributed by atoms with Crippen LogP contribution < -0.4 is 10.1 Å². The Balaban J connectivity index is 2.18. The molecule has 0 aromatic heterocycles. The van der Waals surface area contributed by atoms with Crippen molar-refractivity contribution in [2.45, 2.75) is 52.7 Å². The first-order valence-electron chi connectivity index (χ1n) is 9.95. The number of hydrogen-bond acceptors (Lipinski definition) is 3. The van der Waals surface area contributed by atoms with E-state index in [4.69, 9.17) is 16.3 Å². The van der Waals surface area contributed by atoms with E-state index < -0.39 is 6.04 Å². The van der Waals surface area contributed by atoms with Crippen molar-refractivity contribution < 1.29 is 14.3 Å². The van der Waals surface area contributed by atoms with Crippen LogP contribution in [0.1, 0.15) is 38.3 Å². The number of hydrogen-bond donors (Lipinski definition) is 1. The van der Waals surface area contributed by atoms with E-state index in [1.54, 1.807) is 19.1 Å². The maximum absolute atomic E-state index is 13.1. The van der Waals surface area contributed by atoms with Gasteiger partial charge in [0.25, 0.3) is 5.91 Å². The highest BCUT2D eigenvalue weighted by Gasteiger charge is 2.27. The van der Waals surface area contributed by atoms with Crippen molar-refractivity contribution in [1.82, 2.24) is 10.2 Å². The number of benzene rings is 2. The predicted molar refractivity (Wildman–Crippen MR) is 124 cm³/mol. The van der Waals surface area contributed by atoms with Gasteiger partial charge in [0.05, 0.1) is 0 Å². The second kappa shape index (κ2) is 11.4. The number of ether oxygens (including phenoxy) is 1. The van der Waals surface area contributed by atoms with Crippen molar-refractivity contribution in [1.29, 1.82) is 0 Å². The average Bonchev–Trinajstić information content (AvgIpc) is 2.73. The van der Waals surface area contributed by atoms with Gasteiger partial charge >= 0.3 is 0 Å². The molecule has 0 aliphatic rings. The maximum Gasteiger partial charge on any atom is 0.261 e. The monoisotopic (exact) mass is 494 g/mol. The summed E-state index contributed by atoms with van der Waals surface area (Å²) >= 11 is 9.74. The Morgan fingerprint density at radius 2 is 1.90 bits per heavy atom. The van der Waals surface area contributed by atoms with Gasteiger partial charge in [-0.1, -0.05) is 52.7 Å². The summed E-state index contributed by atoms with van der Waals surface area (Å²) in [5.41, 5.74) is 1.78. The van der Waals surface area contributed by atoms with Gasteiger partial charge in [0.1, 0.15) is 11.8 Å². The fourth-order valence-corrected chi connectivity index (χ4v) is 3.24. The number of amides is 2. The summed E-state index contributed by atoms with van der Waals surface area (Å²) < 4.78 is 6.68. The van der Waals surface area contributed by atoms with E-state index in [1.807, 2.05) is 51.1 Å². The van der Waals surface area contributed by atoms with Gasteiger partial charge in [-0.05, 0) is 62.6 Å². The topological polar surface area (TPSA) is 58.6 Å². The van der Waals surface area contributed by atoms with Crippen molar-refractivity contribution in [2.75, 3.05) is 6.61 Å². The minimum absolute atomic E-state index is 0.0270. The first kappa shape index (κ1) is 24.2. The van der Waals surface area contributed by atoms with Crippen LogP contribution in [-0.2, 0) is 16.1 Å². The molecular formula is C23H28BrClN2O3. The van der Waals surface area contributed by atoms with Gasteiger partial charge in [-0.3, -0.25) is 9.59 Å². The molecule has 2 aromatic carbocycles. The van der Waals surface area contributed by atoms with Crippen LogP contribution in [0.15, 0.2) is 46.9 Å². The third-order valence-electron chi connectivity index (χ3n) is 4.96. The molecule has 5 nitrogen and oxygen atoms in total. The van der Waals surface area contributed by atoms with E-state index in [2.05, 4.69) is 21.2 Å². The van der Waals surface area contributed by atoms with Gasteiger partial charge in [-0.25, -0.2) is 0 Å². The van der Waals surface area contributed by atoms with Crippen molar-refractivity contribution >= 4 is 39.3 Å². The molecule has 0 heterocycles. The molecule has 1 N–H and O–H groups in total. The summed E-state index contributed by atoms with van der Waals surface area (Å²) in [6.45, 7) is 7.64. The molecular weight excluding hydrogens is 468 g/mol. The summed E-state index contributed by atoms with van der Waals surface area (Å²) in [7, 11) is 0. The lowest BCUT2D eigenvalue weighted by molar-refractivity contribution is -0.142. The lowest BCUT2D eigenvalue weighted by Gasteiger charge is -2.30. The average molecular weight is 496 g/mol. The molecule has 7 heteroatoms. The third kappa shape index (κ3) is 6.74. The molecule has 0 spiro atoms. The molecule has 2 aromatic rings. The summed E-state index contributed by atoms with van der Waals surface area (Å²) in [6, 6.07) is 12.2. The van der Waals surface area contributed by atoms with Gasteiger partial charge < -0.3 is 15.0 Å².